The fourth-order valence-electron chi connectivity index (χ4n) is 1.11. The first-order chi connectivity index (χ1) is 7.31. The molecule has 2 aromatic heterocycles. The molecular weight excluding hydrogens is 196 g/mol. The summed E-state index contributed by atoms with van der Waals surface area (Å²) >= 11 is 0. The van der Waals surface area contributed by atoms with E-state index >= 15 is 0 Å². The highest BCUT2D eigenvalue weighted by Crippen LogP contribution is 2.04. The fourth-order valence-corrected chi connectivity index (χ4v) is 1.11. The van der Waals surface area contributed by atoms with E-state index in [-0.39, 0.29) is 5.82 Å². The largest absolute Gasteiger partial charge is 0.359 e. The molecule has 15 heavy (non-hydrogen) atoms. The van der Waals surface area contributed by atoms with Gasteiger partial charge in [-0.3, -0.25) is 0 Å². The summed E-state index contributed by atoms with van der Waals surface area (Å²) in [4.78, 5) is 3.76. The minimum Gasteiger partial charge on any atom is -0.359 e. The van der Waals surface area contributed by atoms with Crippen LogP contribution in [0.25, 0.3) is 0 Å². The van der Waals surface area contributed by atoms with Crippen LogP contribution in [0.15, 0.2) is 16.9 Å². The van der Waals surface area contributed by atoms with Crippen molar-refractivity contribution in [3.63, 3.8) is 0 Å². The number of nitriles is 1. The summed E-state index contributed by atoms with van der Waals surface area (Å²) in [6.07, 6.45) is 1.46. The third kappa shape index (κ3) is 2.00. The molecule has 0 bridgehead atoms. The van der Waals surface area contributed by atoms with Gasteiger partial charge in [-0.2, -0.15) is 5.26 Å². The molecule has 0 saturated carbocycles. The Bertz CT molecular complexity index is 493. The van der Waals surface area contributed by atoms with Crippen molar-refractivity contribution in [3.05, 3.63) is 29.7 Å². The monoisotopic (exact) mass is 204 g/mol. The van der Waals surface area contributed by atoms with Crippen molar-refractivity contribution < 1.29 is 4.52 Å². The van der Waals surface area contributed by atoms with Gasteiger partial charge in [-0.25, -0.2) is 9.67 Å². The molecule has 0 spiro atoms. The molecule has 0 aliphatic carbocycles. The zero-order valence-electron chi connectivity index (χ0n) is 7.79. The second-order valence-electron chi connectivity index (χ2n) is 2.87. The zero-order valence-corrected chi connectivity index (χ0v) is 7.79. The smallest absolute Gasteiger partial charge is 0.252 e. The summed E-state index contributed by atoms with van der Waals surface area (Å²) in [5.74, 6) is 0.762. The normalized spacial score (nSPS) is 10.1. The van der Waals surface area contributed by atoms with E-state index in [2.05, 4.69) is 15.2 Å². The van der Waals surface area contributed by atoms with E-state index in [9.17, 15) is 0 Å². The molecule has 0 aliphatic rings. The Morgan fingerprint density at radius 1 is 1.60 bits per heavy atom. The number of hydrogen-bond acceptors (Lipinski definition) is 6. The number of nitrogens with two attached hydrogens (primary N) is 1. The Balaban J connectivity index is 2.11. The van der Waals surface area contributed by atoms with E-state index in [0.717, 1.165) is 0 Å². The minimum atomic E-state index is 0.133. The lowest BCUT2D eigenvalue weighted by molar-refractivity contribution is 0.366. The maximum Gasteiger partial charge on any atom is 0.252 e. The van der Waals surface area contributed by atoms with Crippen LogP contribution in [0.2, 0.25) is 0 Å². The lowest BCUT2D eigenvalue weighted by atomic mass is 10.3. The minimum absolute atomic E-state index is 0.133. The van der Waals surface area contributed by atoms with E-state index in [1.807, 2.05) is 6.07 Å². The lowest BCUT2D eigenvalue weighted by Gasteiger charge is -1.92. The van der Waals surface area contributed by atoms with Gasteiger partial charge < -0.3 is 10.3 Å². The van der Waals surface area contributed by atoms with Crippen molar-refractivity contribution in [2.24, 2.45) is 5.73 Å². The van der Waals surface area contributed by atoms with Crippen LogP contribution in [0.4, 0.5) is 0 Å². The Kier molecular flexibility index (Phi) is 2.43. The fraction of sp³-hybridized carbons (Fsp3) is 0.250. The predicted molar refractivity (Wildman–Crippen MR) is 48.2 cm³/mol. The van der Waals surface area contributed by atoms with Crippen molar-refractivity contribution in [3.8, 4) is 6.07 Å². The van der Waals surface area contributed by atoms with Gasteiger partial charge in [0, 0.05) is 12.6 Å². The number of aromatic nitrogens is 4. The van der Waals surface area contributed by atoms with Crippen molar-refractivity contribution >= 4 is 0 Å². The average Bonchev–Trinajstić information content (AvgIpc) is 2.87. The Labute approximate surface area is 85.1 Å². The molecule has 0 aromatic carbocycles. The highest BCUT2D eigenvalue weighted by atomic mass is 16.5. The van der Waals surface area contributed by atoms with Gasteiger partial charge in [0.05, 0.1) is 5.69 Å². The average molecular weight is 204 g/mol. The van der Waals surface area contributed by atoms with Crippen molar-refractivity contribution in [1.29, 1.82) is 5.26 Å². The first kappa shape index (κ1) is 9.36. The number of hydrogen-bond donors (Lipinski definition) is 1. The molecule has 2 heterocycles. The lowest BCUT2D eigenvalue weighted by Crippen LogP contribution is -1.99. The van der Waals surface area contributed by atoms with Gasteiger partial charge in [0.2, 0.25) is 0 Å². The molecule has 0 atom stereocenters. The second-order valence-corrected chi connectivity index (χ2v) is 2.87. The van der Waals surface area contributed by atoms with Crippen LogP contribution in [0.5, 0.6) is 0 Å². The first-order valence-electron chi connectivity index (χ1n) is 4.26. The maximum atomic E-state index is 8.52. The molecule has 7 nitrogen and oxygen atoms in total. The third-order valence-corrected chi connectivity index (χ3v) is 1.77. The standard InChI is InChI=1S/C8H8N6O/c9-2-6-1-7(15-13-6)4-14-5-11-8(3-10)12-14/h1,5H,2,4,9H2. The van der Waals surface area contributed by atoms with Crippen molar-refractivity contribution in [2.75, 3.05) is 0 Å². The van der Waals surface area contributed by atoms with E-state index in [0.29, 0.717) is 24.5 Å². The Morgan fingerprint density at radius 3 is 3.07 bits per heavy atom. The number of rotatable bonds is 3. The molecule has 7 heteroatoms. The molecule has 0 fully saturated rings. The van der Waals surface area contributed by atoms with Crippen LogP contribution >= 0.6 is 0 Å². The summed E-state index contributed by atoms with van der Waals surface area (Å²) < 4.78 is 6.50. The quantitative estimate of drug-likeness (QED) is 0.731. The van der Waals surface area contributed by atoms with Crippen LogP contribution in [-0.4, -0.2) is 19.9 Å². The molecule has 76 valence electrons. The molecule has 2 aromatic rings. The summed E-state index contributed by atoms with van der Waals surface area (Å²) in [7, 11) is 0. The topological polar surface area (TPSA) is 107 Å². The second kappa shape index (κ2) is 3.89. The van der Waals surface area contributed by atoms with Gasteiger partial charge >= 0.3 is 0 Å². The molecule has 0 amide bonds. The summed E-state index contributed by atoms with van der Waals surface area (Å²) in [5.41, 5.74) is 6.07. The molecule has 2 rings (SSSR count). The molecule has 0 saturated heterocycles. The zero-order chi connectivity index (χ0) is 10.7. The van der Waals surface area contributed by atoms with E-state index < -0.39 is 0 Å². The maximum absolute atomic E-state index is 8.52. The van der Waals surface area contributed by atoms with Crippen LogP contribution in [0.3, 0.4) is 0 Å². The third-order valence-electron chi connectivity index (χ3n) is 1.77. The van der Waals surface area contributed by atoms with Gasteiger partial charge in [-0.05, 0) is 0 Å². The SMILES string of the molecule is N#Cc1ncn(Cc2cc(CN)no2)n1. The highest BCUT2D eigenvalue weighted by Gasteiger charge is 2.05. The van der Waals surface area contributed by atoms with Crippen LogP contribution < -0.4 is 5.73 Å². The van der Waals surface area contributed by atoms with Gasteiger partial charge in [0.15, 0.2) is 5.76 Å². The van der Waals surface area contributed by atoms with Crippen LogP contribution in [0.1, 0.15) is 17.3 Å². The van der Waals surface area contributed by atoms with E-state index in [4.69, 9.17) is 15.5 Å². The highest BCUT2D eigenvalue weighted by molar-refractivity contribution is 5.07. The summed E-state index contributed by atoms with van der Waals surface area (Å²) in [6.45, 7) is 0.728. The van der Waals surface area contributed by atoms with Crippen molar-refractivity contribution in [2.45, 2.75) is 13.1 Å². The van der Waals surface area contributed by atoms with Crippen molar-refractivity contribution in [1.82, 2.24) is 19.9 Å². The first-order valence-corrected chi connectivity index (χ1v) is 4.26. The predicted octanol–water partition coefficient (Wildman–Crippen LogP) is -0.355. The van der Waals surface area contributed by atoms with Gasteiger partial charge in [0.1, 0.15) is 18.9 Å². The van der Waals surface area contributed by atoms with E-state index in [1.54, 1.807) is 6.07 Å². The summed E-state index contributed by atoms with van der Waals surface area (Å²) in [5, 5.41) is 16.1. The van der Waals surface area contributed by atoms with E-state index in [1.165, 1.54) is 11.0 Å². The van der Waals surface area contributed by atoms with Crippen LogP contribution in [-0.2, 0) is 13.1 Å². The Hall–Kier alpha value is -2.20. The molecule has 0 radical (unpaired) electrons. The Morgan fingerprint density at radius 2 is 2.47 bits per heavy atom. The van der Waals surface area contributed by atoms with Gasteiger partial charge in [-0.15, -0.1) is 5.10 Å². The summed E-state index contributed by atoms with van der Waals surface area (Å²) in [6, 6.07) is 3.58. The molecule has 2 N–H and O–H groups in total. The molecule has 0 unspecified atom stereocenters. The van der Waals surface area contributed by atoms with Crippen LogP contribution in [0, 0.1) is 11.3 Å². The molecule has 0 aliphatic heterocycles. The number of nitrogens with zero attached hydrogens (tertiary/aromatic N) is 5. The van der Waals surface area contributed by atoms with Gasteiger partial charge in [-0.1, -0.05) is 5.16 Å². The van der Waals surface area contributed by atoms with Gasteiger partial charge in [0.25, 0.3) is 5.82 Å². The molecular formula is C8H8N6O.